The average Bonchev–Trinajstić information content (AvgIpc) is 2.65. The molecule has 6 heteroatoms. The molecule has 0 saturated heterocycles. The van der Waals surface area contributed by atoms with Gasteiger partial charge in [-0.3, -0.25) is 14.6 Å². The van der Waals surface area contributed by atoms with E-state index in [0.29, 0.717) is 16.9 Å². The van der Waals surface area contributed by atoms with Gasteiger partial charge in [-0.05, 0) is 55.3 Å². The zero-order valence-corrected chi connectivity index (χ0v) is 16.0. The normalized spacial score (nSPS) is 10.2. The first-order valence-corrected chi connectivity index (χ1v) is 8.89. The highest BCUT2D eigenvalue weighted by Gasteiger charge is 2.10. The number of carbonyl (C=O) groups excluding carboxylic acids is 2. The predicted molar refractivity (Wildman–Crippen MR) is 112 cm³/mol. The summed E-state index contributed by atoms with van der Waals surface area (Å²) in [5, 5.41) is 8.88. The molecule has 0 unspecified atom stereocenters. The molecular weight excluding hydrogens is 352 g/mol. The van der Waals surface area contributed by atoms with Gasteiger partial charge in [-0.15, -0.1) is 0 Å². The second kappa shape index (κ2) is 8.35. The molecule has 2 aromatic carbocycles. The summed E-state index contributed by atoms with van der Waals surface area (Å²) in [4.78, 5) is 28.0. The van der Waals surface area contributed by atoms with Crippen molar-refractivity contribution in [2.24, 2.45) is 0 Å². The number of rotatable bonds is 5. The molecule has 6 nitrogen and oxygen atoms in total. The van der Waals surface area contributed by atoms with Gasteiger partial charge >= 0.3 is 0 Å². The van der Waals surface area contributed by atoms with E-state index in [2.05, 4.69) is 20.9 Å². The maximum absolute atomic E-state index is 12.6. The van der Waals surface area contributed by atoms with Crippen LogP contribution in [0.15, 0.2) is 60.9 Å². The zero-order valence-electron chi connectivity index (χ0n) is 16.0. The van der Waals surface area contributed by atoms with Crippen LogP contribution in [0.3, 0.4) is 0 Å². The summed E-state index contributed by atoms with van der Waals surface area (Å²) in [6, 6.07) is 14.8. The zero-order chi connectivity index (χ0) is 20.1. The summed E-state index contributed by atoms with van der Waals surface area (Å²) in [5.74, 6) is -0.360. The molecule has 0 radical (unpaired) electrons. The van der Waals surface area contributed by atoms with Gasteiger partial charge in [0, 0.05) is 30.2 Å². The summed E-state index contributed by atoms with van der Waals surface area (Å²) in [6.07, 6.45) is 3.17. The molecule has 0 spiro atoms. The van der Waals surface area contributed by atoms with E-state index < -0.39 is 0 Å². The molecule has 0 fully saturated rings. The van der Waals surface area contributed by atoms with Crippen molar-refractivity contribution < 1.29 is 9.59 Å². The number of hydrogen-bond acceptors (Lipinski definition) is 4. The SMILES string of the molecule is CC(=O)Nc1cccc(Nc2cncc(C(=O)Nc3cccc(C)c3C)c2)c1. The molecule has 1 heterocycles. The Morgan fingerprint density at radius 1 is 0.857 bits per heavy atom. The minimum absolute atomic E-state index is 0.135. The van der Waals surface area contributed by atoms with Crippen LogP contribution in [0, 0.1) is 13.8 Å². The van der Waals surface area contributed by atoms with Crippen molar-refractivity contribution in [3.05, 3.63) is 77.6 Å². The summed E-state index contributed by atoms with van der Waals surface area (Å²) < 4.78 is 0. The van der Waals surface area contributed by atoms with Gasteiger partial charge < -0.3 is 16.0 Å². The van der Waals surface area contributed by atoms with Gasteiger partial charge in [0.25, 0.3) is 5.91 Å². The number of aryl methyl sites for hydroxylation is 1. The first-order chi connectivity index (χ1) is 13.4. The van der Waals surface area contributed by atoms with Gasteiger partial charge in [-0.2, -0.15) is 0 Å². The Morgan fingerprint density at radius 2 is 1.61 bits per heavy atom. The Labute approximate surface area is 164 Å². The molecule has 0 aliphatic heterocycles. The Bertz CT molecular complexity index is 1030. The third-order valence-electron chi connectivity index (χ3n) is 4.32. The van der Waals surface area contributed by atoms with E-state index in [4.69, 9.17) is 0 Å². The van der Waals surface area contributed by atoms with Gasteiger partial charge in [0.15, 0.2) is 0 Å². The Morgan fingerprint density at radius 3 is 2.39 bits per heavy atom. The number of nitrogens with zero attached hydrogens (tertiary/aromatic N) is 1. The monoisotopic (exact) mass is 374 g/mol. The van der Waals surface area contributed by atoms with Crippen molar-refractivity contribution in [3.8, 4) is 0 Å². The fourth-order valence-corrected chi connectivity index (χ4v) is 2.76. The third kappa shape index (κ3) is 4.73. The molecule has 142 valence electrons. The lowest BCUT2D eigenvalue weighted by Gasteiger charge is -2.12. The quantitative estimate of drug-likeness (QED) is 0.607. The van der Waals surface area contributed by atoms with Crippen LogP contribution in [0.25, 0.3) is 0 Å². The fraction of sp³-hybridized carbons (Fsp3) is 0.136. The van der Waals surface area contributed by atoms with E-state index in [0.717, 1.165) is 22.5 Å². The van der Waals surface area contributed by atoms with Crippen molar-refractivity contribution >= 4 is 34.6 Å². The minimum atomic E-state index is -0.225. The molecule has 0 aliphatic rings. The molecule has 0 saturated carbocycles. The minimum Gasteiger partial charge on any atom is -0.354 e. The maximum atomic E-state index is 12.6. The molecule has 28 heavy (non-hydrogen) atoms. The fourth-order valence-electron chi connectivity index (χ4n) is 2.76. The predicted octanol–water partition coefficient (Wildman–Crippen LogP) is 4.65. The first-order valence-electron chi connectivity index (χ1n) is 8.89. The highest BCUT2D eigenvalue weighted by Crippen LogP contribution is 2.22. The van der Waals surface area contributed by atoms with Crippen LogP contribution in [-0.2, 0) is 4.79 Å². The Hall–Kier alpha value is -3.67. The van der Waals surface area contributed by atoms with Crippen LogP contribution in [0.1, 0.15) is 28.4 Å². The van der Waals surface area contributed by atoms with E-state index >= 15 is 0 Å². The van der Waals surface area contributed by atoms with Crippen LogP contribution in [0.5, 0.6) is 0 Å². The number of aromatic nitrogens is 1. The number of nitrogens with one attached hydrogen (secondary N) is 3. The van der Waals surface area contributed by atoms with Crippen molar-refractivity contribution in [2.75, 3.05) is 16.0 Å². The number of anilines is 4. The largest absolute Gasteiger partial charge is 0.354 e. The second-order valence-electron chi connectivity index (χ2n) is 6.55. The van der Waals surface area contributed by atoms with Crippen molar-refractivity contribution in [1.29, 1.82) is 0 Å². The number of amides is 2. The van der Waals surface area contributed by atoms with Gasteiger partial charge in [-0.1, -0.05) is 18.2 Å². The maximum Gasteiger partial charge on any atom is 0.257 e. The molecule has 0 atom stereocenters. The Balaban J connectivity index is 1.76. The van der Waals surface area contributed by atoms with Gasteiger partial charge in [0.2, 0.25) is 5.91 Å². The molecule has 0 bridgehead atoms. The van der Waals surface area contributed by atoms with E-state index in [1.807, 2.05) is 50.2 Å². The molecule has 3 aromatic rings. The van der Waals surface area contributed by atoms with E-state index in [1.165, 1.54) is 13.1 Å². The van der Waals surface area contributed by atoms with Crippen molar-refractivity contribution in [3.63, 3.8) is 0 Å². The smallest absolute Gasteiger partial charge is 0.257 e. The molecular formula is C22H22N4O2. The summed E-state index contributed by atoms with van der Waals surface area (Å²) in [7, 11) is 0. The van der Waals surface area contributed by atoms with Crippen LogP contribution in [0.2, 0.25) is 0 Å². The summed E-state index contributed by atoms with van der Waals surface area (Å²) >= 11 is 0. The van der Waals surface area contributed by atoms with E-state index in [-0.39, 0.29) is 11.8 Å². The molecule has 2 amide bonds. The number of pyridine rings is 1. The topological polar surface area (TPSA) is 83.1 Å². The summed E-state index contributed by atoms with van der Waals surface area (Å²) in [5.41, 5.74) is 5.52. The van der Waals surface area contributed by atoms with Gasteiger partial charge in [-0.25, -0.2) is 0 Å². The van der Waals surface area contributed by atoms with Crippen LogP contribution in [-0.4, -0.2) is 16.8 Å². The number of carbonyl (C=O) groups is 2. The van der Waals surface area contributed by atoms with Crippen LogP contribution in [0.4, 0.5) is 22.7 Å². The van der Waals surface area contributed by atoms with Crippen LogP contribution >= 0.6 is 0 Å². The van der Waals surface area contributed by atoms with E-state index in [9.17, 15) is 9.59 Å². The molecule has 1 aromatic heterocycles. The molecule has 0 aliphatic carbocycles. The average molecular weight is 374 g/mol. The summed E-state index contributed by atoms with van der Waals surface area (Å²) in [6.45, 7) is 5.44. The molecule has 3 N–H and O–H groups in total. The van der Waals surface area contributed by atoms with Gasteiger partial charge in [0.1, 0.15) is 0 Å². The number of hydrogen-bond donors (Lipinski definition) is 3. The lowest BCUT2D eigenvalue weighted by Crippen LogP contribution is -2.13. The van der Waals surface area contributed by atoms with Crippen molar-refractivity contribution in [1.82, 2.24) is 4.98 Å². The van der Waals surface area contributed by atoms with Crippen molar-refractivity contribution in [2.45, 2.75) is 20.8 Å². The highest BCUT2D eigenvalue weighted by molar-refractivity contribution is 6.05. The third-order valence-corrected chi connectivity index (χ3v) is 4.32. The molecule has 3 rings (SSSR count). The number of benzene rings is 2. The van der Waals surface area contributed by atoms with Crippen LogP contribution < -0.4 is 16.0 Å². The highest BCUT2D eigenvalue weighted by atomic mass is 16.2. The van der Waals surface area contributed by atoms with E-state index in [1.54, 1.807) is 18.3 Å². The standard InChI is InChI=1S/C22H22N4O2/c1-14-6-4-9-21(15(14)2)26-22(28)17-10-20(13-23-12-17)25-19-8-5-7-18(11-19)24-16(3)27/h4-13,25H,1-3H3,(H,24,27)(H,26,28). The lowest BCUT2D eigenvalue weighted by atomic mass is 10.1. The van der Waals surface area contributed by atoms with Gasteiger partial charge in [0.05, 0.1) is 17.4 Å². The first kappa shape index (κ1) is 19.1. The Kier molecular flexibility index (Phi) is 5.69. The lowest BCUT2D eigenvalue weighted by molar-refractivity contribution is -0.114. The second-order valence-corrected chi connectivity index (χ2v) is 6.55.